The molecule has 1 saturated heterocycles. The lowest BCUT2D eigenvalue weighted by Crippen LogP contribution is -2.27. The third-order valence-electron chi connectivity index (χ3n) is 6.85. The van der Waals surface area contributed by atoms with Crippen LogP contribution in [-0.2, 0) is 18.4 Å². The Balaban J connectivity index is 1.52. The zero-order chi connectivity index (χ0) is 28.0. The van der Waals surface area contributed by atoms with Crippen LogP contribution in [-0.4, -0.2) is 48.6 Å². The number of nitrogens with one attached hydrogen (secondary N) is 1. The number of nitrogens with zero attached hydrogens (tertiary/aromatic N) is 5. The van der Waals surface area contributed by atoms with Crippen molar-refractivity contribution in [2.45, 2.75) is 32.4 Å². The molecular weight excluding hydrogens is 545 g/mol. The summed E-state index contributed by atoms with van der Waals surface area (Å²) in [6.07, 6.45) is 6.56. The Labute approximate surface area is 232 Å². The number of hydrogen-bond donors (Lipinski definition) is 3. The van der Waals surface area contributed by atoms with Crippen molar-refractivity contribution in [2.24, 2.45) is 12.8 Å². The highest BCUT2D eigenvalue weighted by atomic mass is 35.5. The second-order valence-electron chi connectivity index (χ2n) is 9.50. The largest absolute Gasteiger partial charge is 0.506 e. The van der Waals surface area contributed by atoms with Crippen molar-refractivity contribution < 1.29 is 14.7 Å². The molecule has 0 radical (unpaired) electrons. The van der Waals surface area contributed by atoms with E-state index >= 15 is 0 Å². The summed E-state index contributed by atoms with van der Waals surface area (Å²) in [7, 11) is 1.55. The minimum Gasteiger partial charge on any atom is -0.506 e. The van der Waals surface area contributed by atoms with Gasteiger partial charge in [0.2, 0.25) is 5.91 Å². The van der Waals surface area contributed by atoms with Gasteiger partial charge in [-0.2, -0.15) is 0 Å². The first-order valence-electron chi connectivity index (χ1n) is 12.1. The summed E-state index contributed by atoms with van der Waals surface area (Å²) in [6.45, 7) is 2.81. The lowest BCUT2D eigenvalue weighted by molar-refractivity contribution is -0.116. The summed E-state index contributed by atoms with van der Waals surface area (Å²) in [5.74, 6) is -1.02. The van der Waals surface area contributed by atoms with E-state index in [0.717, 1.165) is 25.2 Å². The maximum absolute atomic E-state index is 13.2. The first-order valence-corrected chi connectivity index (χ1v) is 12.9. The first-order chi connectivity index (χ1) is 18.5. The lowest BCUT2D eigenvalue weighted by Gasteiger charge is -2.23. The van der Waals surface area contributed by atoms with Gasteiger partial charge >= 0.3 is 0 Å². The van der Waals surface area contributed by atoms with Gasteiger partial charge in [-0.25, -0.2) is 9.97 Å². The van der Waals surface area contributed by atoms with Gasteiger partial charge in [-0.3, -0.25) is 14.4 Å². The first kappa shape index (κ1) is 26.5. The summed E-state index contributed by atoms with van der Waals surface area (Å²) in [5, 5.41) is 13.4. The molecule has 1 aliphatic heterocycles. The van der Waals surface area contributed by atoms with Crippen LogP contribution in [0.15, 0.2) is 41.7 Å². The molecule has 1 aliphatic rings. The van der Waals surface area contributed by atoms with Crippen molar-refractivity contribution in [3.05, 3.63) is 62.9 Å². The number of fused-ring (bicyclic) bond motifs is 1. The molecule has 0 aliphatic carbocycles. The van der Waals surface area contributed by atoms with E-state index in [2.05, 4.69) is 27.1 Å². The maximum atomic E-state index is 13.2. The third kappa shape index (κ3) is 4.90. The Hall–Kier alpha value is -4.09. The van der Waals surface area contributed by atoms with Crippen LogP contribution >= 0.6 is 23.2 Å². The van der Waals surface area contributed by atoms with Gasteiger partial charge in [0.15, 0.2) is 0 Å². The van der Waals surface area contributed by atoms with E-state index in [1.807, 2.05) is 0 Å². The summed E-state index contributed by atoms with van der Waals surface area (Å²) in [6, 6.07) is 4.84. The fourth-order valence-electron chi connectivity index (χ4n) is 4.85. The second kappa shape index (κ2) is 10.2. The number of rotatable bonds is 6. The fourth-order valence-corrected chi connectivity index (χ4v) is 5.22. The van der Waals surface area contributed by atoms with Gasteiger partial charge in [0.25, 0.3) is 11.5 Å². The highest BCUT2D eigenvalue weighted by molar-refractivity contribution is 6.34. The molecule has 0 unspecified atom stereocenters. The number of hydrogen-bond acceptors (Lipinski definition) is 7. The van der Waals surface area contributed by atoms with Gasteiger partial charge < -0.3 is 30.2 Å². The summed E-state index contributed by atoms with van der Waals surface area (Å²) in [4.78, 5) is 49.1. The minimum atomic E-state index is -0.887. The average molecular weight is 570 g/mol. The second-order valence-corrected chi connectivity index (χ2v) is 10.3. The zero-order valence-corrected chi connectivity index (χ0v) is 22.6. The molecule has 0 spiro atoms. The van der Waals surface area contributed by atoms with Crippen LogP contribution in [0.4, 0.5) is 11.5 Å². The Morgan fingerprint density at radius 2 is 1.97 bits per heavy atom. The Morgan fingerprint density at radius 3 is 2.67 bits per heavy atom. The molecule has 1 fully saturated rings. The molecular formula is C26H25Cl2N7O4. The number of carbonyl (C=O) groups excluding carboxylic acids is 2. The van der Waals surface area contributed by atoms with E-state index in [1.165, 1.54) is 33.8 Å². The molecule has 202 valence electrons. The molecule has 1 aromatic carbocycles. The van der Waals surface area contributed by atoms with E-state index in [9.17, 15) is 19.5 Å². The molecule has 4 heterocycles. The van der Waals surface area contributed by atoms with Crippen LogP contribution < -0.4 is 21.5 Å². The highest BCUT2D eigenvalue weighted by Crippen LogP contribution is 2.36. The predicted molar refractivity (Wildman–Crippen MR) is 150 cm³/mol. The van der Waals surface area contributed by atoms with Crippen LogP contribution in [0.3, 0.4) is 0 Å². The summed E-state index contributed by atoms with van der Waals surface area (Å²) >= 11 is 12.5. The molecule has 0 saturated carbocycles. The number of aryl methyl sites for hydroxylation is 1. The van der Waals surface area contributed by atoms with Gasteiger partial charge in [0.05, 0.1) is 39.2 Å². The van der Waals surface area contributed by atoms with Crippen LogP contribution in [0.2, 0.25) is 10.0 Å². The van der Waals surface area contributed by atoms with Gasteiger partial charge in [-0.05, 0) is 37.5 Å². The monoisotopic (exact) mass is 569 g/mol. The van der Waals surface area contributed by atoms with Crippen LogP contribution in [0.25, 0.3) is 22.2 Å². The standard InChI is InChI=1S/C26H25Cl2N7O4/c1-13-4-3-5-35(13)20-8-19(18(28)9-30-20)32-21(36)11-34-10-16(22-25(34)31-12-33(2)26(22)39)14-6-15(24(29)38)23(37)17(27)7-14/h6-10,12-13,37H,3-5,11H2,1-2H3,(H2,29,38)(H,30,32,36)/t13-/m1/s1. The smallest absolute Gasteiger partial charge is 0.263 e. The number of primary amides is 1. The van der Waals surface area contributed by atoms with Gasteiger partial charge in [0, 0.05) is 37.5 Å². The van der Waals surface area contributed by atoms with E-state index in [1.54, 1.807) is 19.3 Å². The molecule has 13 heteroatoms. The zero-order valence-electron chi connectivity index (χ0n) is 21.1. The summed E-state index contributed by atoms with van der Waals surface area (Å²) < 4.78 is 2.82. The number of benzene rings is 1. The van der Waals surface area contributed by atoms with E-state index in [0.29, 0.717) is 27.9 Å². The number of carbonyl (C=O) groups is 2. The molecule has 39 heavy (non-hydrogen) atoms. The van der Waals surface area contributed by atoms with Crippen molar-refractivity contribution in [1.82, 2.24) is 19.1 Å². The lowest BCUT2D eigenvalue weighted by atomic mass is 10.0. The molecule has 4 N–H and O–H groups in total. The number of amides is 2. The Morgan fingerprint density at radius 1 is 1.21 bits per heavy atom. The Kier molecular flexibility index (Phi) is 6.96. The molecule has 11 nitrogen and oxygen atoms in total. The Bertz CT molecular complexity index is 1700. The number of halogens is 2. The van der Waals surface area contributed by atoms with Gasteiger partial charge in [-0.1, -0.05) is 23.2 Å². The van der Waals surface area contributed by atoms with E-state index in [4.69, 9.17) is 28.9 Å². The third-order valence-corrected chi connectivity index (χ3v) is 7.44. The average Bonchev–Trinajstić information content (AvgIpc) is 3.48. The molecule has 1 atom stereocenters. The normalized spacial score (nSPS) is 15.2. The fraction of sp³-hybridized carbons (Fsp3) is 0.269. The van der Waals surface area contributed by atoms with Crippen LogP contribution in [0, 0.1) is 0 Å². The number of aromatic hydroxyl groups is 1. The van der Waals surface area contributed by atoms with E-state index < -0.39 is 17.6 Å². The number of phenols is 1. The van der Waals surface area contributed by atoms with Crippen molar-refractivity contribution in [3.8, 4) is 16.9 Å². The minimum absolute atomic E-state index is 0.115. The molecule has 0 bridgehead atoms. The van der Waals surface area contributed by atoms with Gasteiger partial charge in [-0.15, -0.1) is 0 Å². The number of nitrogens with two attached hydrogens (primary N) is 1. The SMILES string of the molecule is C[C@@H]1CCCN1c1cc(NC(=O)Cn2cc(-c3cc(Cl)c(O)c(C(N)=O)c3)c3c(=O)n(C)cnc32)c(Cl)cn1. The van der Waals surface area contributed by atoms with Gasteiger partial charge in [0.1, 0.15) is 23.8 Å². The van der Waals surface area contributed by atoms with Crippen molar-refractivity contribution in [3.63, 3.8) is 0 Å². The van der Waals surface area contributed by atoms with Crippen LogP contribution in [0.1, 0.15) is 30.1 Å². The summed E-state index contributed by atoms with van der Waals surface area (Å²) in [5.41, 5.74) is 6.21. The molecule has 4 aromatic rings. The van der Waals surface area contributed by atoms with E-state index in [-0.39, 0.29) is 33.7 Å². The number of aromatic nitrogens is 4. The molecule has 2 amide bonds. The predicted octanol–water partition coefficient (Wildman–Crippen LogP) is 3.54. The number of pyridine rings is 1. The molecule has 3 aromatic heterocycles. The quantitative estimate of drug-likeness (QED) is 0.321. The van der Waals surface area contributed by atoms with Crippen molar-refractivity contribution >= 4 is 57.6 Å². The highest BCUT2D eigenvalue weighted by Gasteiger charge is 2.24. The topological polar surface area (TPSA) is 148 Å². The molecule has 5 rings (SSSR count). The maximum Gasteiger partial charge on any atom is 0.263 e. The van der Waals surface area contributed by atoms with Crippen LogP contribution in [0.5, 0.6) is 5.75 Å². The number of anilines is 2. The van der Waals surface area contributed by atoms with Crippen molar-refractivity contribution in [2.75, 3.05) is 16.8 Å². The van der Waals surface area contributed by atoms with Crippen molar-refractivity contribution in [1.29, 1.82) is 0 Å².